The molecule has 1 aromatic heterocycles. The molecule has 2 saturated heterocycles. The number of hydrogen-bond donors (Lipinski definition) is 1. The lowest BCUT2D eigenvalue weighted by molar-refractivity contribution is 0.153. The Morgan fingerprint density at radius 1 is 1.09 bits per heavy atom. The predicted octanol–water partition coefficient (Wildman–Crippen LogP) is 3.07. The number of benzene rings is 1. The molecule has 2 fully saturated rings. The normalized spacial score (nSPS) is 21.0. The van der Waals surface area contributed by atoms with Crippen LogP contribution in [0.2, 0.25) is 0 Å². The van der Waals surface area contributed by atoms with Gasteiger partial charge in [0.05, 0.1) is 5.39 Å². The van der Waals surface area contributed by atoms with Crippen molar-refractivity contribution in [3.05, 3.63) is 40.1 Å². The van der Waals surface area contributed by atoms with Crippen LogP contribution < -0.4 is 15.6 Å². The molecule has 1 aromatic carbocycles. The van der Waals surface area contributed by atoms with Crippen LogP contribution in [-0.2, 0) is 0 Å². The number of rotatable bonds is 1. The zero-order valence-corrected chi connectivity index (χ0v) is 13.7. The monoisotopic (exact) mass is 312 g/mol. The molecule has 4 nitrogen and oxygen atoms in total. The van der Waals surface area contributed by atoms with E-state index in [0.717, 1.165) is 37.6 Å². The molecule has 0 bridgehead atoms. The minimum absolute atomic E-state index is 0.0621. The highest BCUT2D eigenvalue weighted by Crippen LogP contribution is 2.40. The predicted molar refractivity (Wildman–Crippen MR) is 93.2 cm³/mol. The lowest BCUT2D eigenvalue weighted by atomic mass is 9.71. The van der Waals surface area contributed by atoms with Gasteiger partial charge in [-0.05, 0) is 63.2 Å². The van der Waals surface area contributed by atoms with Gasteiger partial charge in [-0.3, -0.25) is 4.79 Å². The van der Waals surface area contributed by atoms with Crippen LogP contribution in [0.3, 0.4) is 0 Å². The first-order valence-electron chi connectivity index (χ1n) is 8.66. The first kappa shape index (κ1) is 14.8. The van der Waals surface area contributed by atoms with E-state index in [4.69, 9.17) is 4.42 Å². The summed E-state index contributed by atoms with van der Waals surface area (Å²) in [6.45, 7) is 6.26. The summed E-state index contributed by atoms with van der Waals surface area (Å²) in [6, 6.07) is 7.48. The molecule has 2 aromatic rings. The van der Waals surface area contributed by atoms with Gasteiger partial charge >= 0.3 is 0 Å². The number of fused-ring (bicyclic) bond motifs is 1. The first-order chi connectivity index (χ1) is 11.2. The Morgan fingerprint density at radius 2 is 1.83 bits per heavy atom. The maximum atomic E-state index is 12.4. The largest absolute Gasteiger partial charge is 0.440 e. The van der Waals surface area contributed by atoms with Crippen molar-refractivity contribution in [3.63, 3.8) is 0 Å². The van der Waals surface area contributed by atoms with Gasteiger partial charge in [-0.1, -0.05) is 11.6 Å². The SMILES string of the molecule is Cc1ccc2oc(N3CCC4(CCNCC4)CC3)cc(=O)c2c1. The summed E-state index contributed by atoms with van der Waals surface area (Å²) in [5.74, 6) is 0.732. The van der Waals surface area contributed by atoms with E-state index in [1.807, 2.05) is 25.1 Å². The van der Waals surface area contributed by atoms with E-state index >= 15 is 0 Å². The molecule has 4 rings (SSSR count). The highest BCUT2D eigenvalue weighted by Gasteiger charge is 2.36. The van der Waals surface area contributed by atoms with E-state index < -0.39 is 0 Å². The molecule has 2 aliphatic rings. The van der Waals surface area contributed by atoms with Crippen LogP contribution in [-0.4, -0.2) is 26.2 Å². The number of anilines is 1. The number of aryl methyl sites for hydroxylation is 1. The Labute approximate surface area is 136 Å². The van der Waals surface area contributed by atoms with Crippen molar-refractivity contribution in [1.29, 1.82) is 0 Å². The summed E-state index contributed by atoms with van der Waals surface area (Å²) in [5, 5.41) is 4.14. The van der Waals surface area contributed by atoms with Crippen LogP contribution in [0.1, 0.15) is 31.2 Å². The molecule has 0 saturated carbocycles. The smallest absolute Gasteiger partial charge is 0.199 e. The fraction of sp³-hybridized carbons (Fsp3) is 0.526. The maximum absolute atomic E-state index is 12.4. The molecule has 0 amide bonds. The van der Waals surface area contributed by atoms with Crippen molar-refractivity contribution >= 4 is 16.9 Å². The van der Waals surface area contributed by atoms with E-state index in [1.54, 1.807) is 6.07 Å². The minimum Gasteiger partial charge on any atom is -0.440 e. The molecular weight excluding hydrogens is 288 g/mol. The van der Waals surface area contributed by atoms with Crippen LogP contribution in [0.25, 0.3) is 11.0 Å². The Balaban J connectivity index is 1.58. The van der Waals surface area contributed by atoms with E-state index in [1.165, 1.54) is 25.7 Å². The van der Waals surface area contributed by atoms with Crippen molar-refractivity contribution in [3.8, 4) is 0 Å². The summed E-state index contributed by atoms with van der Waals surface area (Å²) in [7, 11) is 0. The number of piperidine rings is 2. The molecular formula is C19H24N2O2. The lowest BCUT2D eigenvalue weighted by Crippen LogP contribution is -2.45. The molecule has 0 aliphatic carbocycles. The fourth-order valence-corrected chi connectivity index (χ4v) is 4.07. The van der Waals surface area contributed by atoms with Gasteiger partial charge in [-0.2, -0.15) is 0 Å². The topological polar surface area (TPSA) is 45.5 Å². The summed E-state index contributed by atoms with van der Waals surface area (Å²) in [5.41, 5.74) is 2.35. The average Bonchev–Trinajstić information content (AvgIpc) is 2.57. The van der Waals surface area contributed by atoms with Crippen molar-refractivity contribution in [2.75, 3.05) is 31.1 Å². The number of hydrogen-bond acceptors (Lipinski definition) is 4. The zero-order chi connectivity index (χ0) is 15.9. The minimum atomic E-state index is 0.0621. The second kappa shape index (κ2) is 5.68. The van der Waals surface area contributed by atoms with Crippen molar-refractivity contribution in [2.24, 2.45) is 5.41 Å². The molecule has 122 valence electrons. The van der Waals surface area contributed by atoms with Gasteiger partial charge < -0.3 is 14.6 Å². The maximum Gasteiger partial charge on any atom is 0.199 e. The third kappa shape index (κ3) is 2.76. The average molecular weight is 312 g/mol. The molecule has 1 spiro atoms. The molecule has 3 heterocycles. The number of nitrogens with zero attached hydrogens (tertiary/aromatic N) is 1. The second-order valence-electron chi connectivity index (χ2n) is 7.19. The molecule has 23 heavy (non-hydrogen) atoms. The van der Waals surface area contributed by atoms with Crippen LogP contribution in [0.15, 0.2) is 33.5 Å². The summed E-state index contributed by atoms with van der Waals surface area (Å²) >= 11 is 0. The quantitative estimate of drug-likeness (QED) is 0.879. The Kier molecular flexibility index (Phi) is 3.64. The van der Waals surface area contributed by atoms with Gasteiger partial charge in [-0.15, -0.1) is 0 Å². The van der Waals surface area contributed by atoms with E-state index in [9.17, 15) is 4.79 Å². The Bertz CT molecular complexity index is 765. The number of nitrogens with one attached hydrogen (secondary N) is 1. The van der Waals surface area contributed by atoms with Gasteiger partial charge in [0.15, 0.2) is 11.3 Å². The summed E-state index contributed by atoms with van der Waals surface area (Å²) in [4.78, 5) is 14.6. The lowest BCUT2D eigenvalue weighted by Gasteiger charge is -2.44. The van der Waals surface area contributed by atoms with Crippen LogP contribution in [0.5, 0.6) is 0 Å². The molecule has 2 aliphatic heterocycles. The van der Waals surface area contributed by atoms with Crippen molar-refractivity contribution in [2.45, 2.75) is 32.6 Å². The molecule has 1 N–H and O–H groups in total. The van der Waals surface area contributed by atoms with Crippen LogP contribution >= 0.6 is 0 Å². The van der Waals surface area contributed by atoms with Crippen LogP contribution in [0, 0.1) is 12.3 Å². The zero-order valence-electron chi connectivity index (χ0n) is 13.7. The van der Waals surface area contributed by atoms with E-state index in [2.05, 4.69) is 10.2 Å². The van der Waals surface area contributed by atoms with Gasteiger partial charge in [0.25, 0.3) is 0 Å². The summed E-state index contributed by atoms with van der Waals surface area (Å²) in [6.07, 6.45) is 4.96. The van der Waals surface area contributed by atoms with Gasteiger partial charge in [-0.25, -0.2) is 0 Å². The standard InChI is InChI=1S/C19H24N2O2/c1-14-2-3-17-15(12-14)16(22)13-18(23-17)21-10-6-19(7-11-21)4-8-20-9-5-19/h2-3,12-13,20H,4-11H2,1H3. The molecule has 0 unspecified atom stereocenters. The highest BCUT2D eigenvalue weighted by molar-refractivity contribution is 5.78. The third-order valence-corrected chi connectivity index (χ3v) is 5.67. The molecule has 0 radical (unpaired) electrons. The summed E-state index contributed by atoms with van der Waals surface area (Å²) < 4.78 is 6.03. The molecule has 0 atom stereocenters. The highest BCUT2D eigenvalue weighted by atomic mass is 16.4. The van der Waals surface area contributed by atoms with Gasteiger partial charge in [0.2, 0.25) is 0 Å². The molecule has 4 heteroatoms. The van der Waals surface area contributed by atoms with Gasteiger partial charge in [0.1, 0.15) is 5.58 Å². The van der Waals surface area contributed by atoms with E-state index in [-0.39, 0.29) is 5.43 Å². The third-order valence-electron chi connectivity index (χ3n) is 5.67. The van der Waals surface area contributed by atoms with Crippen molar-refractivity contribution in [1.82, 2.24) is 5.32 Å². The second-order valence-corrected chi connectivity index (χ2v) is 7.19. The van der Waals surface area contributed by atoms with Gasteiger partial charge in [0, 0.05) is 19.2 Å². The fourth-order valence-electron chi connectivity index (χ4n) is 4.07. The van der Waals surface area contributed by atoms with E-state index in [0.29, 0.717) is 16.4 Å². The van der Waals surface area contributed by atoms with Crippen molar-refractivity contribution < 1.29 is 4.42 Å². The Hall–Kier alpha value is -1.81. The Morgan fingerprint density at radius 3 is 2.57 bits per heavy atom. The van der Waals surface area contributed by atoms with Crippen LogP contribution in [0.4, 0.5) is 5.88 Å². The first-order valence-corrected chi connectivity index (χ1v) is 8.66.